The molecule has 0 bridgehead atoms. The molecule has 0 fully saturated rings. The molecule has 0 amide bonds. The Balaban J connectivity index is 0.00000427. The number of rotatable bonds is 8. The minimum Gasteiger partial charge on any atom is -0.466 e. The molecule has 0 unspecified atom stereocenters. The summed E-state index contributed by atoms with van der Waals surface area (Å²) in [7, 11) is 0. The largest absolute Gasteiger partial charge is 2.00 e. The first-order valence-corrected chi connectivity index (χ1v) is 17.9. The van der Waals surface area contributed by atoms with Gasteiger partial charge in [0.15, 0.2) is 11.5 Å². The Bertz CT molecular complexity index is 2810. The van der Waals surface area contributed by atoms with E-state index in [9.17, 15) is 0 Å². The second-order valence-corrected chi connectivity index (χ2v) is 13.5. The van der Waals surface area contributed by atoms with Gasteiger partial charge in [-0.15, -0.1) is 51.9 Å². The minimum atomic E-state index is -0.890. The molecule has 7 heteroatoms. The van der Waals surface area contributed by atoms with Crippen LogP contribution in [-0.2, 0) is 26.5 Å². The van der Waals surface area contributed by atoms with E-state index in [1.165, 1.54) is 5.56 Å². The van der Waals surface area contributed by atoms with Crippen LogP contribution in [0.25, 0.3) is 43.6 Å². The molecule has 9 rings (SSSR count). The van der Waals surface area contributed by atoms with Crippen molar-refractivity contribution in [2.24, 2.45) is 0 Å². The number of hydrogen-bond acceptors (Lipinski definition) is 4. The smallest absolute Gasteiger partial charge is 0.466 e. The van der Waals surface area contributed by atoms with Crippen LogP contribution >= 0.6 is 0 Å². The second kappa shape index (κ2) is 14.8. The van der Waals surface area contributed by atoms with Crippen LogP contribution in [0.5, 0.6) is 11.6 Å². The summed E-state index contributed by atoms with van der Waals surface area (Å²) in [5, 5.41) is 12.3. The fraction of sp³-hybridized carbons (Fsp3) is 0.0833. The van der Waals surface area contributed by atoms with Crippen molar-refractivity contribution in [1.82, 2.24) is 19.6 Å². The first-order chi connectivity index (χ1) is 26.6. The zero-order valence-electron chi connectivity index (χ0n) is 30.0. The molecule has 6 nitrogen and oxygen atoms in total. The average Bonchev–Trinajstić information content (AvgIpc) is 3.68. The van der Waals surface area contributed by atoms with E-state index in [0.717, 1.165) is 55.3 Å². The van der Waals surface area contributed by atoms with Crippen LogP contribution in [0.4, 0.5) is 5.69 Å². The maximum Gasteiger partial charge on any atom is 2.00 e. The first kappa shape index (κ1) is 35.6. The standard InChI is InChI=1S/C48H33N5O.Pt/c1-32(2)38-22-10-11-23-40(38)46-51-52-47-41-31-36(27-28-39(41)45-42(49-3)24-15-25-43(45)53(46)47)48(33-16-6-4-7-17-33,34-18-8-5-9-19-34)35-20-14-21-37(30-35)54-44-26-12-13-29-50-44;/h4-29,32H,1-2H3;/q-2;+2. The van der Waals surface area contributed by atoms with Gasteiger partial charge in [-0.3, -0.25) is 0 Å². The Morgan fingerprint density at radius 3 is 2.09 bits per heavy atom. The number of fused-ring (bicyclic) bond motifs is 6. The van der Waals surface area contributed by atoms with Gasteiger partial charge in [0, 0.05) is 34.5 Å². The van der Waals surface area contributed by atoms with Crippen molar-refractivity contribution in [3.8, 4) is 23.0 Å². The van der Waals surface area contributed by atoms with Gasteiger partial charge in [-0.2, -0.15) is 17.2 Å². The van der Waals surface area contributed by atoms with E-state index in [1.54, 1.807) is 6.20 Å². The van der Waals surface area contributed by atoms with Crippen molar-refractivity contribution in [2.45, 2.75) is 25.2 Å². The molecular formula is C48H33N5OPt. The van der Waals surface area contributed by atoms with E-state index in [1.807, 2.05) is 60.7 Å². The first-order valence-electron chi connectivity index (χ1n) is 17.9. The number of pyridine rings is 2. The van der Waals surface area contributed by atoms with E-state index < -0.39 is 5.41 Å². The van der Waals surface area contributed by atoms with Gasteiger partial charge in [0.25, 0.3) is 0 Å². The van der Waals surface area contributed by atoms with E-state index in [0.29, 0.717) is 23.0 Å². The van der Waals surface area contributed by atoms with Gasteiger partial charge in [0.1, 0.15) is 0 Å². The third-order valence-corrected chi connectivity index (χ3v) is 10.1. The van der Waals surface area contributed by atoms with Gasteiger partial charge in [0.2, 0.25) is 5.88 Å². The molecule has 3 heterocycles. The summed E-state index contributed by atoms with van der Waals surface area (Å²) in [4.78, 5) is 8.40. The summed E-state index contributed by atoms with van der Waals surface area (Å²) < 4.78 is 8.37. The molecule has 0 atom stereocenters. The third kappa shape index (κ3) is 5.98. The van der Waals surface area contributed by atoms with Gasteiger partial charge in [-0.05, 0) is 40.1 Å². The molecule has 0 aliphatic heterocycles. The zero-order chi connectivity index (χ0) is 36.6. The van der Waals surface area contributed by atoms with Gasteiger partial charge in [0.05, 0.1) is 12.2 Å². The molecule has 55 heavy (non-hydrogen) atoms. The normalized spacial score (nSPS) is 11.5. The predicted molar refractivity (Wildman–Crippen MR) is 214 cm³/mol. The Morgan fingerprint density at radius 2 is 1.38 bits per heavy atom. The Hall–Kier alpha value is -6.41. The summed E-state index contributed by atoms with van der Waals surface area (Å²) in [5.41, 5.74) is 7.21. The molecule has 3 aromatic heterocycles. The molecule has 0 saturated carbocycles. The van der Waals surface area contributed by atoms with Crippen LogP contribution in [0, 0.1) is 18.7 Å². The van der Waals surface area contributed by atoms with Gasteiger partial charge in [-0.25, -0.2) is 9.83 Å². The Morgan fingerprint density at radius 1 is 0.691 bits per heavy atom. The number of aromatic nitrogens is 4. The summed E-state index contributed by atoms with van der Waals surface area (Å²) >= 11 is 0. The van der Waals surface area contributed by atoms with Crippen molar-refractivity contribution < 1.29 is 25.8 Å². The van der Waals surface area contributed by atoms with Crippen molar-refractivity contribution in [3.05, 3.63) is 209 Å². The minimum absolute atomic E-state index is 0. The molecule has 6 aromatic carbocycles. The summed E-state index contributed by atoms with van der Waals surface area (Å²) in [6.45, 7) is 12.6. The second-order valence-electron chi connectivity index (χ2n) is 13.5. The van der Waals surface area contributed by atoms with E-state index in [-0.39, 0.29) is 27.0 Å². The van der Waals surface area contributed by atoms with E-state index >= 15 is 0 Å². The van der Waals surface area contributed by atoms with Crippen molar-refractivity contribution >= 4 is 33.0 Å². The zero-order valence-corrected chi connectivity index (χ0v) is 32.3. The third-order valence-electron chi connectivity index (χ3n) is 10.1. The van der Waals surface area contributed by atoms with E-state index in [4.69, 9.17) is 21.5 Å². The average molecular weight is 891 g/mol. The maximum atomic E-state index is 8.21. The molecule has 266 valence electrons. The summed E-state index contributed by atoms with van der Waals surface area (Å²) in [6, 6.07) is 58.5. The molecule has 0 aliphatic rings. The SMILES string of the molecule is [C-]#[N+]c1cccc2c1c1ccc(C(c3[c-]c(Oc4ccccn4)ccc3)(c3ccccc3)c3ccccc3)[c-]c1c1nnc(-c3ccccc3C(C)C)n21.[Pt+2]. The van der Waals surface area contributed by atoms with Crippen LogP contribution < -0.4 is 4.74 Å². The molecule has 0 N–H and O–H groups in total. The fourth-order valence-electron chi connectivity index (χ4n) is 7.79. The van der Waals surface area contributed by atoms with Crippen LogP contribution in [0.1, 0.15) is 47.6 Å². The topological polar surface area (TPSA) is 56.7 Å². The number of benzene rings is 6. The monoisotopic (exact) mass is 890 g/mol. The molecule has 0 radical (unpaired) electrons. The summed E-state index contributed by atoms with van der Waals surface area (Å²) in [5.74, 6) is 2.03. The quantitative estimate of drug-likeness (QED) is 0.0866. The molecular weight excluding hydrogens is 858 g/mol. The number of ether oxygens (including phenoxy) is 1. The van der Waals surface area contributed by atoms with E-state index in [2.05, 4.69) is 131 Å². The number of nitrogens with zero attached hydrogens (tertiary/aromatic N) is 5. The van der Waals surface area contributed by atoms with Gasteiger partial charge in [-0.1, -0.05) is 122 Å². The molecule has 0 saturated heterocycles. The molecule has 9 aromatic rings. The fourth-order valence-corrected chi connectivity index (χ4v) is 7.79. The number of hydrogen-bond donors (Lipinski definition) is 0. The van der Waals surface area contributed by atoms with Crippen molar-refractivity contribution in [2.75, 3.05) is 0 Å². The Labute approximate surface area is 334 Å². The van der Waals surface area contributed by atoms with Gasteiger partial charge >= 0.3 is 21.1 Å². The van der Waals surface area contributed by atoms with Crippen LogP contribution in [0.2, 0.25) is 0 Å². The van der Waals surface area contributed by atoms with Crippen LogP contribution in [0.15, 0.2) is 158 Å². The Kier molecular flexibility index (Phi) is 9.57. The van der Waals surface area contributed by atoms with Crippen LogP contribution in [-0.4, -0.2) is 19.6 Å². The van der Waals surface area contributed by atoms with Gasteiger partial charge < -0.3 is 9.14 Å². The van der Waals surface area contributed by atoms with Crippen LogP contribution in [0.3, 0.4) is 0 Å². The molecule has 0 spiro atoms. The summed E-state index contributed by atoms with van der Waals surface area (Å²) in [6.07, 6.45) is 1.71. The maximum absolute atomic E-state index is 8.21. The predicted octanol–water partition coefficient (Wildman–Crippen LogP) is 11.5. The molecule has 0 aliphatic carbocycles. The van der Waals surface area contributed by atoms with Crippen molar-refractivity contribution in [1.29, 1.82) is 0 Å². The van der Waals surface area contributed by atoms with Crippen molar-refractivity contribution in [3.63, 3.8) is 0 Å².